The Hall–Kier alpha value is -1.16. The van der Waals surface area contributed by atoms with E-state index >= 15 is 0 Å². The first kappa shape index (κ1) is 15.2. The molecular formula is C11H21N5O3S. The van der Waals surface area contributed by atoms with Crippen LogP contribution in [0.25, 0.3) is 0 Å². The highest BCUT2D eigenvalue weighted by atomic mass is 32.2. The van der Waals surface area contributed by atoms with E-state index in [2.05, 4.69) is 21.5 Å². The Morgan fingerprint density at radius 1 is 1.60 bits per heavy atom. The van der Waals surface area contributed by atoms with Crippen molar-refractivity contribution in [3.05, 3.63) is 6.33 Å². The molecule has 1 aromatic heterocycles. The van der Waals surface area contributed by atoms with E-state index in [0.29, 0.717) is 6.61 Å². The molecule has 20 heavy (non-hydrogen) atoms. The van der Waals surface area contributed by atoms with Gasteiger partial charge in [-0.3, -0.25) is 4.90 Å². The van der Waals surface area contributed by atoms with Gasteiger partial charge in [0, 0.05) is 26.7 Å². The quantitative estimate of drug-likeness (QED) is 0.723. The number of morpholine rings is 1. The van der Waals surface area contributed by atoms with Crippen LogP contribution in [0.2, 0.25) is 0 Å². The normalized spacial score (nSPS) is 21.2. The van der Waals surface area contributed by atoms with Crippen molar-refractivity contribution in [2.75, 3.05) is 38.5 Å². The van der Waals surface area contributed by atoms with Gasteiger partial charge in [-0.25, -0.2) is 18.1 Å². The van der Waals surface area contributed by atoms with Crippen molar-refractivity contribution in [3.8, 4) is 0 Å². The molecule has 0 aliphatic carbocycles. The zero-order chi connectivity index (χ0) is 14.8. The molecule has 0 saturated carbocycles. The Morgan fingerprint density at radius 3 is 2.95 bits per heavy atom. The van der Waals surface area contributed by atoms with Crippen LogP contribution in [-0.4, -0.2) is 61.8 Å². The first-order valence-electron chi connectivity index (χ1n) is 6.54. The highest BCUT2D eigenvalue weighted by Crippen LogP contribution is 2.15. The third kappa shape index (κ3) is 3.29. The summed E-state index contributed by atoms with van der Waals surface area (Å²) in [5.41, 5.74) is 5.59. The maximum atomic E-state index is 12.2. The van der Waals surface area contributed by atoms with Gasteiger partial charge in [-0.05, 0) is 6.54 Å². The molecule has 0 bridgehead atoms. The van der Waals surface area contributed by atoms with E-state index in [-0.39, 0.29) is 23.5 Å². The molecule has 1 aromatic rings. The summed E-state index contributed by atoms with van der Waals surface area (Å²) in [6.07, 6.45) is 1.23. The SMILES string of the molecule is CCN1CCOC(CNS(=O)(=O)c2c(N)ncn2C)C1. The lowest BCUT2D eigenvalue weighted by Crippen LogP contribution is -2.47. The summed E-state index contributed by atoms with van der Waals surface area (Å²) >= 11 is 0. The van der Waals surface area contributed by atoms with Gasteiger partial charge < -0.3 is 15.0 Å². The number of nitrogens with zero attached hydrogens (tertiary/aromatic N) is 3. The second-order valence-electron chi connectivity index (χ2n) is 4.78. The van der Waals surface area contributed by atoms with Crippen molar-refractivity contribution in [2.45, 2.75) is 18.1 Å². The summed E-state index contributed by atoms with van der Waals surface area (Å²) in [5, 5.41) is -0.0133. The minimum atomic E-state index is -3.67. The molecule has 1 saturated heterocycles. The molecule has 2 rings (SSSR count). The van der Waals surface area contributed by atoms with Crippen LogP contribution in [0.1, 0.15) is 6.92 Å². The zero-order valence-electron chi connectivity index (χ0n) is 11.7. The standard InChI is InChI=1S/C11H21N5O3S/c1-3-16-4-5-19-9(7-16)6-14-20(17,18)11-10(12)13-8-15(11)2/h8-9,14H,3-7,12H2,1-2H3. The summed E-state index contributed by atoms with van der Waals surface area (Å²) in [5.74, 6) is -0.000234. The van der Waals surface area contributed by atoms with Gasteiger partial charge in [-0.2, -0.15) is 0 Å². The Bertz CT molecular complexity index is 537. The van der Waals surface area contributed by atoms with Gasteiger partial charge in [-0.15, -0.1) is 0 Å². The molecule has 2 heterocycles. The number of rotatable bonds is 5. The van der Waals surface area contributed by atoms with Crippen molar-refractivity contribution in [3.63, 3.8) is 0 Å². The van der Waals surface area contributed by atoms with Crippen LogP contribution in [0.15, 0.2) is 11.4 Å². The lowest BCUT2D eigenvalue weighted by Gasteiger charge is -2.32. The van der Waals surface area contributed by atoms with E-state index in [1.807, 2.05) is 0 Å². The predicted molar refractivity (Wildman–Crippen MR) is 74.7 cm³/mol. The number of imidazole rings is 1. The number of aryl methyl sites for hydroxylation is 1. The molecule has 1 atom stereocenters. The van der Waals surface area contributed by atoms with Gasteiger partial charge >= 0.3 is 0 Å². The average Bonchev–Trinajstić information content (AvgIpc) is 2.77. The van der Waals surface area contributed by atoms with Gasteiger partial charge in [0.25, 0.3) is 10.0 Å². The molecule has 0 radical (unpaired) electrons. The Morgan fingerprint density at radius 2 is 2.35 bits per heavy atom. The molecule has 8 nitrogen and oxygen atoms in total. The van der Waals surface area contributed by atoms with Crippen LogP contribution < -0.4 is 10.5 Å². The summed E-state index contributed by atoms with van der Waals surface area (Å²) < 4.78 is 33.9. The van der Waals surface area contributed by atoms with E-state index in [0.717, 1.165) is 19.6 Å². The lowest BCUT2D eigenvalue weighted by atomic mass is 10.3. The van der Waals surface area contributed by atoms with Crippen LogP contribution in [0.5, 0.6) is 0 Å². The van der Waals surface area contributed by atoms with E-state index in [9.17, 15) is 8.42 Å². The lowest BCUT2D eigenvalue weighted by molar-refractivity contribution is -0.0229. The van der Waals surface area contributed by atoms with E-state index in [1.54, 1.807) is 7.05 Å². The molecule has 3 N–H and O–H groups in total. The average molecular weight is 303 g/mol. The summed E-state index contributed by atoms with van der Waals surface area (Å²) in [6.45, 7) is 5.45. The maximum Gasteiger partial charge on any atom is 0.260 e. The van der Waals surface area contributed by atoms with Gasteiger partial charge in [0.2, 0.25) is 0 Å². The van der Waals surface area contributed by atoms with Crippen LogP contribution in [-0.2, 0) is 21.8 Å². The molecule has 0 amide bonds. The highest BCUT2D eigenvalue weighted by molar-refractivity contribution is 7.89. The first-order valence-corrected chi connectivity index (χ1v) is 8.02. The highest BCUT2D eigenvalue weighted by Gasteiger charge is 2.25. The fraction of sp³-hybridized carbons (Fsp3) is 0.727. The fourth-order valence-corrected chi connectivity index (χ4v) is 3.52. The van der Waals surface area contributed by atoms with Crippen LogP contribution in [0, 0.1) is 0 Å². The number of sulfonamides is 1. The van der Waals surface area contributed by atoms with Crippen molar-refractivity contribution >= 4 is 15.8 Å². The summed E-state index contributed by atoms with van der Waals surface area (Å²) in [7, 11) is -2.08. The van der Waals surface area contributed by atoms with Gasteiger partial charge in [0.1, 0.15) is 0 Å². The van der Waals surface area contributed by atoms with Gasteiger partial charge in [-0.1, -0.05) is 6.92 Å². The molecule has 0 spiro atoms. The number of ether oxygens (including phenoxy) is 1. The fourth-order valence-electron chi connectivity index (χ4n) is 2.23. The molecule has 9 heteroatoms. The topological polar surface area (TPSA) is 102 Å². The minimum Gasteiger partial charge on any atom is -0.381 e. The number of anilines is 1. The van der Waals surface area contributed by atoms with Crippen LogP contribution >= 0.6 is 0 Å². The van der Waals surface area contributed by atoms with Crippen LogP contribution in [0.3, 0.4) is 0 Å². The molecule has 1 unspecified atom stereocenters. The second kappa shape index (κ2) is 6.08. The van der Waals surface area contributed by atoms with E-state index < -0.39 is 10.0 Å². The molecule has 114 valence electrons. The molecule has 1 aliphatic rings. The zero-order valence-corrected chi connectivity index (χ0v) is 12.6. The number of nitrogens with two attached hydrogens (primary N) is 1. The molecule has 0 aromatic carbocycles. The molecular weight excluding hydrogens is 282 g/mol. The Balaban J connectivity index is 1.99. The number of nitrogen functional groups attached to an aromatic ring is 1. The number of likely N-dealkylation sites (N-methyl/N-ethyl adjacent to an activating group) is 1. The van der Waals surface area contributed by atoms with Crippen molar-refractivity contribution < 1.29 is 13.2 Å². The predicted octanol–water partition coefficient (Wildman–Crippen LogP) is -0.999. The Kier molecular flexibility index (Phi) is 4.63. The summed E-state index contributed by atoms with van der Waals surface area (Å²) in [6, 6.07) is 0. The monoisotopic (exact) mass is 303 g/mol. The maximum absolute atomic E-state index is 12.2. The van der Waals surface area contributed by atoms with Gasteiger partial charge in [0.05, 0.1) is 19.0 Å². The first-order chi connectivity index (χ1) is 9.44. The third-order valence-electron chi connectivity index (χ3n) is 3.34. The van der Waals surface area contributed by atoms with Crippen molar-refractivity contribution in [1.82, 2.24) is 19.2 Å². The largest absolute Gasteiger partial charge is 0.381 e. The van der Waals surface area contributed by atoms with E-state index in [1.165, 1.54) is 10.9 Å². The van der Waals surface area contributed by atoms with Crippen LogP contribution in [0.4, 0.5) is 5.82 Å². The number of nitrogens with one attached hydrogen (secondary N) is 1. The van der Waals surface area contributed by atoms with Crippen molar-refractivity contribution in [1.29, 1.82) is 0 Å². The number of hydrogen-bond acceptors (Lipinski definition) is 6. The van der Waals surface area contributed by atoms with Gasteiger partial charge in [0.15, 0.2) is 10.8 Å². The third-order valence-corrected chi connectivity index (χ3v) is 4.89. The molecule has 1 aliphatic heterocycles. The van der Waals surface area contributed by atoms with E-state index in [4.69, 9.17) is 10.5 Å². The number of aromatic nitrogens is 2. The molecule has 1 fully saturated rings. The summed E-state index contributed by atoms with van der Waals surface area (Å²) in [4.78, 5) is 6.01. The second-order valence-corrected chi connectivity index (χ2v) is 6.47. The van der Waals surface area contributed by atoms with Crippen molar-refractivity contribution in [2.24, 2.45) is 7.05 Å². The minimum absolute atomic E-state index is 0.000234. The number of hydrogen-bond donors (Lipinski definition) is 2. The smallest absolute Gasteiger partial charge is 0.260 e. The Labute approximate surface area is 119 Å².